The molecule has 2 atom stereocenters. The number of anilines is 1. The van der Waals surface area contributed by atoms with Gasteiger partial charge in [0.15, 0.2) is 0 Å². The summed E-state index contributed by atoms with van der Waals surface area (Å²) in [6.07, 6.45) is 0.829. The van der Waals surface area contributed by atoms with Crippen molar-refractivity contribution in [2.75, 3.05) is 31.1 Å². The van der Waals surface area contributed by atoms with E-state index in [0.717, 1.165) is 24.2 Å². The van der Waals surface area contributed by atoms with Crippen LogP contribution in [0.2, 0.25) is 0 Å². The van der Waals surface area contributed by atoms with Gasteiger partial charge in [0.2, 0.25) is 5.91 Å². The Morgan fingerprint density at radius 2 is 2.17 bits per heavy atom. The molecule has 1 aliphatic rings. The Morgan fingerprint density at radius 3 is 2.79 bits per heavy atom. The molecule has 1 N–H and O–H groups in total. The number of nitriles is 1. The summed E-state index contributed by atoms with van der Waals surface area (Å²) < 4.78 is 0. The van der Waals surface area contributed by atoms with Gasteiger partial charge in [-0.25, -0.2) is 0 Å². The van der Waals surface area contributed by atoms with Crippen molar-refractivity contribution in [3.8, 4) is 6.07 Å². The average molecular weight is 329 g/mol. The maximum atomic E-state index is 12.8. The third-order valence-corrected chi connectivity index (χ3v) is 4.91. The maximum absolute atomic E-state index is 12.8. The summed E-state index contributed by atoms with van der Waals surface area (Å²) in [5.74, 6) is 0.265. The second-order valence-corrected chi connectivity index (χ2v) is 6.79. The number of aliphatic hydroxyl groups is 1. The molecule has 0 spiro atoms. The lowest BCUT2D eigenvalue weighted by atomic mass is 9.96. The van der Waals surface area contributed by atoms with Gasteiger partial charge in [-0.15, -0.1) is 0 Å². The topological polar surface area (TPSA) is 67.6 Å². The second kappa shape index (κ2) is 8.27. The van der Waals surface area contributed by atoms with Crippen molar-refractivity contribution >= 4 is 11.6 Å². The summed E-state index contributed by atoms with van der Waals surface area (Å²) >= 11 is 0. The summed E-state index contributed by atoms with van der Waals surface area (Å²) in [6, 6.07) is 8.05. The molecule has 24 heavy (non-hydrogen) atoms. The molecule has 130 valence electrons. The van der Waals surface area contributed by atoms with Crippen molar-refractivity contribution in [1.82, 2.24) is 4.90 Å². The fourth-order valence-electron chi connectivity index (χ4n) is 2.99. The van der Waals surface area contributed by atoms with E-state index in [1.165, 1.54) is 5.56 Å². The number of carbonyl (C=O) groups is 1. The van der Waals surface area contributed by atoms with Crippen molar-refractivity contribution in [2.24, 2.45) is 5.92 Å². The molecule has 1 amide bonds. The third kappa shape index (κ3) is 4.56. The van der Waals surface area contributed by atoms with E-state index in [0.29, 0.717) is 19.5 Å². The number of piperidine rings is 1. The molecular formula is C19H27N3O2. The molecule has 1 fully saturated rings. The van der Waals surface area contributed by atoms with Crippen molar-refractivity contribution in [3.63, 3.8) is 0 Å². The summed E-state index contributed by atoms with van der Waals surface area (Å²) in [7, 11) is 0. The van der Waals surface area contributed by atoms with E-state index in [4.69, 9.17) is 5.26 Å². The van der Waals surface area contributed by atoms with Crippen LogP contribution in [0.4, 0.5) is 5.69 Å². The zero-order valence-electron chi connectivity index (χ0n) is 14.8. The molecule has 0 aromatic heterocycles. The Hall–Kier alpha value is -1.90. The predicted octanol–water partition coefficient (Wildman–Crippen LogP) is 2.25. The molecule has 2 unspecified atom stereocenters. The van der Waals surface area contributed by atoms with Crippen LogP contribution in [0, 0.1) is 31.1 Å². The van der Waals surface area contributed by atoms with Crippen molar-refractivity contribution in [3.05, 3.63) is 29.3 Å². The summed E-state index contributed by atoms with van der Waals surface area (Å²) in [5.41, 5.74) is 3.15. The fraction of sp³-hybridized carbons (Fsp3) is 0.579. The molecule has 0 saturated carbocycles. The van der Waals surface area contributed by atoms with Crippen LogP contribution in [-0.4, -0.2) is 48.2 Å². The van der Waals surface area contributed by atoms with Crippen LogP contribution in [0.15, 0.2) is 18.2 Å². The summed E-state index contributed by atoms with van der Waals surface area (Å²) in [5, 5.41) is 18.9. The Bertz CT molecular complexity index is 624. The quantitative estimate of drug-likeness (QED) is 0.900. The molecule has 1 heterocycles. The Labute approximate surface area is 144 Å². The molecule has 5 heteroatoms. The number of carbonyl (C=O) groups excluding carboxylic acids is 1. The minimum absolute atomic E-state index is 0.0183. The van der Waals surface area contributed by atoms with E-state index in [9.17, 15) is 9.90 Å². The van der Waals surface area contributed by atoms with E-state index < -0.39 is 0 Å². The monoisotopic (exact) mass is 329 g/mol. The van der Waals surface area contributed by atoms with E-state index in [1.54, 1.807) is 4.90 Å². The van der Waals surface area contributed by atoms with Gasteiger partial charge >= 0.3 is 0 Å². The van der Waals surface area contributed by atoms with Gasteiger partial charge in [-0.2, -0.15) is 5.26 Å². The first-order valence-corrected chi connectivity index (χ1v) is 8.57. The molecule has 0 aliphatic carbocycles. The highest BCUT2D eigenvalue weighted by atomic mass is 16.3. The van der Waals surface area contributed by atoms with Crippen LogP contribution in [0.1, 0.15) is 30.9 Å². The first kappa shape index (κ1) is 18.4. The highest BCUT2D eigenvalue weighted by Gasteiger charge is 2.27. The molecule has 5 nitrogen and oxygen atoms in total. The minimum atomic E-state index is -0.374. The molecule has 0 radical (unpaired) electrons. The summed E-state index contributed by atoms with van der Waals surface area (Å²) in [6.45, 7) is 8.13. The Balaban J connectivity index is 2.10. The van der Waals surface area contributed by atoms with Gasteiger partial charge < -0.3 is 10.0 Å². The first-order valence-electron chi connectivity index (χ1n) is 8.57. The van der Waals surface area contributed by atoms with Crippen LogP contribution in [-0.2, 0) is 4.79 Å². The highest BCUT2D eigenvalue weighted by molar-refractivity contribution is 5.95. The van der Waals surface area contributed by atoms with Crippen LogP contribution < -0.4 is 4.90 Å². The maximum Gasteiger partial charge on any atom is 0.241 e. The predicted molar refractivity (Wildman–Crippen MR) is 94.7 cm³/mol. The normalized spacial score (nSPS) is 21.3. The molecule has 2 rings (SSSR count). The average Bonchev–Trinajstić information content (AvgIpc) is 2.54. The van der Waals surface area contributed by atoms with Gasteiger partial charge in [0.25, 0.3) is 0 Å². The minimum Gasteiger partial charge on any atom is -0.392 e. The standard InChI is InChI=1S/C19H27N3O2/c1-14-5-6-17(11-16(14)3)22(9-4-8-20)19(24)13-21-10-7-15(2)18(23)12-21/h5-6,11,15,18,23H,4,7,9-10,12-13H2,1-3H3. The molecule has 1 saturated heterocycles. The van der Waals surface area contributed by atoms with Crippen LogP contribution in [0.3, 0.4) is 0 Å². The second-order valence-electron chi connectivity index (χ2n) is 6.79. The lowest BCUT2D eigenvalue weighted by Gasteiger charge is -2.35. The van der Waals surface area contributed by atoms with Gasteiger partial charge in [-0.1, -0.05) is 13.0 Å². The van der Waals surface area contributed by atoms with Gasteiger partial charge in [0.1, 0.15) is 0 Å². The van der Waals surface area contributed by atoms with Crippen molar-refractivity contribution in [1.29, 1.82) is 5.26 Å². The number of likely N-dealkylation sites (tertiary alicyclic amines) is 1. The zero-order valence-corrected chi connectivity index (χ0v) is 14.8. The first-order chi connectivity index (χ1) is 11.4. The number of aryl methyl sites for hydroxylation is 2. The van der Waals surface area contributed by atoms with Gasteiger partial charge in [0, 0.05) is 18.8 Å². The van der Waals surface area contributed by atoms with Crippen LogP contribution in [0.25, 0.3) is 0 Å². The molecular weight excluding hydrogens is 302 g/mol. The summed E-state index contributed by atoms with van der Waals surface area (Å²) in [4.78, 5) is 16.5. The van der Waals surface area contributed by atoms with Gasteiger partial charge in [-0.3, -0.25) is 9.69 Å². The highest BCUT2D eigenvalue weighted by Crippen LogP contribution is 2.21. The fourth-order valence-corrected chi connectivity index (χ4v) is 2.99. The van der Waals surface area contributed by atoms with Gasteiger partial charge in [-0.05, 0) is 56.0 Å². The van der Waals surface area contributed by atoms with E-state index in [1.807, 2.05) is 43.9 Å². The number of rotatable bonds is 5. The molecule has 1 aromatic rings. The number of amides is 1. The van der Waals surface area contributed by atoms with Crippen molar-refractivity contribution < 1.29 is 9.90 Å². The van der Waals surface area contributed by atoms with E-state index >= 15 is 0 Å². The lowest BCUT2D eigenvalue weighted by molar-refractivity contribution is -0.120. The molecule has 1 aliphatic heterocycles. The number of hydrogen-bond acceptors (Lipinski definition) is 4. The number of aliphatic hydroxyl groups excluding tert-OH is 1. The SMILES string of the molecule is Cc1ccc(N(CCC#N)C(=O)CN2CCC(C)C(O)C2)cc1C. The van der Waals surface area contributed by atoms with E-state index in [2.05, 4.69) is 6.07 Å². The zero-order chi connectivity index (χ0) is 17.7. The number of hydrogen-bond donors (Lipinski definition) is 1. The Morgan fingerprint density at radius 1 is 1.42 bits per heavy atom. The van der Waals surface area contributed by atoms with E-state index in [-0.39, 0.29) is 24.5 Å². The third-order valence-electron chi connectivity index (χ3n) is 4.91. The Kier molecular flexibility index (Phi) is 6.36. The van der Waals surface area contributed by atoms with Crippen molar-refractivity contribution in [2.45, 2.75) is 39.7 Å². The van der Waals surface area contributed by atoms with Crippen LogP contribution in [0.5, 0.6) is 0 Å². The molecule has 1 aromatic carbocycles. The smallest absolute Gasteiger partial charge is 0.241 e. The number of benzene rings is 1. The van der Waals surface area contributed by atoms with Crippen LogP contribution >= 0.6 is 0 Å². The largest absolute Gasteiger partial charge is 0.392 e. The lowest BCUT2D eigenvalue weighted by Crippen LogP contribution is -2.48. The van der Waals surface area contributed by atoms with Gasteiger partial charge in [0.05, 0.1) is 25.1 Å². The number of nitrogens with zero attached hydrogens (tertiary/aromatic N) is 3. The molecule has 0 bridgehead atoms. The number of β-amino-alcohol motifs (C(OH)–C–C–N with tert-alkyl or cyclic N) is 1.